The van der Waals surface area contributed by atoms with Crippen LogP contribution in [0.25, 0.3) is 22.6 Å². The zero-order valence-electron chi connectivity index (χ0n) is 11.6. The fourth-order valence-electron chi connectivity index (χ4n) is 2.19. The minimum absolute atomic E-state index is 0.658. The molecule has 0 amide bonds. The molecule has 3 rings (SSSR count). The lowest BCUT2D eigenvalue weighted by molar-refractivity contribution is 0.356. The molecule has 0 radical (unpaired) electrons. The number of H-pyrrole nitrogens is 1. The van der Waals surface area contributed by atoms with Crippen LogP contribution < -0.4 is 9.47 Å². The summed E-state index contributed by atoms with van der Waals surface area (Å²) in [5, 5.41) is 0. The van der Waals surface area contributed by atoms with Gasteiger partial charge < -0.3 is 14.5 Å². The van der Waals surface area contributed by atoms with Crippen molar-refractivity contribution in [2.75, 3.05) is 14.2 Å². The zero-order valence-corrected chi connectivity index (χ0v) is 11.6. The second-order valence-electron chi connectivity index (χ2n) is 4.45. The number of nitrogens with one attached hydrogen (secondary N) is 1. The SMILES string of the molecule is COc1cccc(-c2nc3nc(C)ccc3[nH]2)c1OC. The molecule has 0 aliphatic rings. The smallest absolute Gasteiger partial charge is 0.178 e. The van der Waals surface area contributed by atoms with Gasteiger partial charge >= 0.3 is 0 Å². The van der Waals surface area contributed by atoms with Crippen molar-refractivity contribution in [3.63, 3.8) is 0 Å². The number of aromatic nitrogens is 3. The highest BCUT2D eigenvalue weighted by Crippen LogP contribution is 2.36. The first kappa shape index (κ1) is 12.5. The van der Waals surface area contributed by atoms with Crippen molar-refractivity contribution >= 4 is 11.2 Å². The van der Waals surface area contributed by atoms with Gasteiger partial charge in [0.1, 0.15) is 5.82 Å². The number of benzene rings is 1. The maximum absolute atomic E-state index is 5.44. The van der Waals surface area contributed by atoms with Gasteiger partial charge in [0.15, 0.2) is 17.1 Å². The molecule has 102 valence electrons. The van der Waals surface area contributed by atoms with E-state index >= 15 is 0 Å². The summed E-state index contributed by atoms with van der Waals surface area (Å²) in [7, 11) is 3.23. The van der Waals surface area contributed by atoms with Crippen LogP contribution in [0.2, 0.25) is 0 Å². The Hall–Kier alpha value is -2.56. The van der Waals surface area contributed by atoms with Gasteiger partial charge in [0.05, 0.1) is 25.3 Å². The number of hydrogen-bond donors (Lipinski definition) is 1. The minimum atomic E-state index is 0.658. The molecule has 0 saturated heterocycles. The molecule has 0 spiro atoms. The minimum Gasteiger partial charge on any atom is -0.493 e. The molecule has 2 aromatic heterocycles. The first-order chi connectivity index (χ1) is 9.72. The number of rotatable bonds is 3. The molecule has 1 aromatic carbocycles. The van der Waals surface area contributed by atoms with E-state index in [2.05, 4.69) is 15.0 Å². The third kappa shape index (κ3) is 1.97. The number of para-hydroxylation sites is 1. The molecular weight excluding hydrogens is 254 g/mol. The number of hydrogen-bond acceptors (Lipinski definition) is 4. The number of methoxy groups -OCH3 is 2. The van der Waals surface area contributed by atoms with Crippen LogP contribution >= 0.6 is 0 Å². The highest BCUT2D eigenvalue weighted by molar-refractivity contribution is 5.79. The summed E-state index contributed by atoms with van der Waals surface area (Å²) in [6, 6.07) is 9.62. The molecule has 0 aliphatic carbocycles. The summed E-state index contributed by atoms with van der Waals surface area (Å²) < 4.78 is 10.7. The molecule has 2 heterocycles. The highest BCUT2D eigenvalue weighted by Gasteiger charge is 2.15. The van der Waals surface area contributed by atoms with Gasteiger partial charge in [-0.2, -0.15) is 0 Å². The monoisotopic (exact) mass is 269 g/mol. The Morgan fingerprint density at radius 2 is 1.85 bits per heavy atom. The normalized spacial score (nSPS) is 10.8. The highest BCUT2D eigenvalue weighted by atomic mass is 16.5. The Kier molecular flexibility index (Phi) is 3.02. The van der Waals surface area contributed by atoms with Gasteiger partial charge in [0.2, 0.25) is 0 Å². The van der Waals surface area contributed by atoms with Crippen LogP contribution in [0.1, 0.15) is 5.69 Å². The lowest BCUT2D eigenvalue weighted by Gasteiger charge is -2.10. The second kappa shape index (κ2) is 4.85. The van der Waals surface area contributed by atoms with Gasteiger partial charge in [0, 0.05) is 5.69 Å². The maximum atomic E-state index is 5.44. The number of fused-ring (bicyclic) bond motifs is 1. The molecule has 20 heavy (non-hydrogen) atoms. The standard InChI is InChI=1S/C15H15N3O2/c1-9-7-8-11-15(16-9)18-14(17-11)10-5-4-6-12(19-2)13(10)20-3/h4-8H,1-3H3,(H,16,17,18). The van der Waals surface area contributed by atoms with Gasteiger partial charge in [-0.25, -0.2) is 9.97 Å². The Morgan fingerprint density at radius 1 is 1.00 bits per heavy atom. The largest absolute Gasteiger partial charge is 0.493 e. The van der Waals surface area contributed by atoms with Crippen LogP contribution in [-0.4, -0.2) is 29.2 Å². The third-order valence-corrected chi connectivity index (χ3v) is 3.14. The van der Waals surface area contributed by atoms with E-state index in [1.165, 1.54) is 0 Å². The summed E-state index contributed by atoms with van der Waals surface area (Å²) >= 11 is 0. The fourth-order valence-corrected chi connectivity index (χ4v) is 2.19. The lowest BCUT2D eigenvalue weighted by atomic mass is 10.1. The van der Waals surface area contributed by atoms with Crippen LogP contribution in [0, 0.1) is 6.92 Å². The van der Waals surface area contributed by atoms with Crippen molar-refractivity contribution in [2.24, 2.45) is 0 Å². The van der Waals surface area contributed by atoms with E-state index in [1.807, 2.05) is 37.3 Å². The van der Waals surface area contributed by atoms with E-state index in [-0.39, 0.29) is 0 Å². The second-order valence-corrected chi connectivity index (χ2v) is 4.45. The van der Waals surface area contributed by atoms with Crippen LogP contribution in [-0.2, 0) is 0 Å². The molecule has 1 N–H and O–H groups in total. The Balaban J connectivity index is 2.20. The summed E-state index contributed by atoms with van der Waals surface area (Å²) in [6.45, 7) is 1.94. The molecule has 0 atom stereocenters. The van der Waals surface area contributed by atoms with Crippen LogP contribution in [0.3, 0.4) is 0 Å². The number of nitrogens with zero attached hydrogens (tertiary/aromatic N) is 2. The molecule has 0 bridgehead atoms. The van der Waals surface area contributed by atoms with Crippen molar-refractivity contribution in [1.29, 1.82) is 0 Å². The summed E-state index contributed by atoms with van der Waals surface area (Å²) in [5.41, 5.74) is 3.39. The van der Waals surface area contributed by atoms with Crippen molar-refractivity contribution in [3.8, 4) is 22.9 Å². The zero-order chi connectivity index (χ0) is 14.1. The fraction of sp³-hybridized carbons (Fsp3) is 0.200. The van der Waals surface area contributed by atoms with E-state index in [0.29, 0.717) is 23.0 Å². The molecule has 3 aromatic rings. The number of ether oxygens (including phenoxy) is 2. The molecule has 5 nitrogen and oxygen atoms in total. The molecule has 0 fully saturated rings. The van der Waals surface area contributed by atoms with Crippen LogP contribution in [0.15, 0.2) is 30.3 Å². The third-order valence-electron chi connectivity index (χ3n) is 3.14. The number of imidazole rings is 1. The average molecular weight is 269 g/mol. The Morgan fingerprint density at radius 3 is 2.60 bits per heavy atom. The first-order valence-electron chi connectivity index (χ1n) is 6.27. The van der Waals surface area contributed by atoms with Crippen molar-refractivity contribution in [2.45, 2.75) is 6.92 Å². The molecule has 0 unspecified atom stereocenters. The van der Waals surface area contributed by atoms with Gasteiger partial charge in [-0.05, 0) is 31.2 Å². The lowest BCUT2D eigenvalue weighted by Crippen LogP contribution is -1.93. The van der Waals surface area contributed by atoms with Crippen molar-refractivity contribution in [1.82, 2.24) is 15.0 Å². The van der Waals surface area contributed by atoms with Crippen LogP contribution in [0.5, 0.6) is 11.5 Å². The van der Waals surface area contributed by atoms with Gasteiger partial charge in [-0.3, -0.25) is 0 Å². The topological polar surface area (TPSA) is 60.0 Å². The molecule has 0 aliphatic heterocycles. The van der Waals surface area contributed by atoms with Gasteiger partial charge in [0.25, 0.3) is 0 Å². The molecular formula is C15H15N3O2. The maximum Gasteiger partial charge on any atom is 0.178 e. The molecule has 5 heteroatoms. The quantitative estimate of drug-likeness (QED) is 0.794. The first-order valence-corrected chi connectivity index (χ1v) is 6.27. The van der Waals surface area contributed by atoms with E-state index in [4.69, 9.17) is 9.47 Å². The number of pyridine rings is 1. The van der Waals surface area contributed by atoms with E-state index in [1.54, 1.807) is 14.2 Å². The predicted octanol–water partition coefficient (Wildman–Crippen LogP) is 2.95. The Labute approximate surface area is 116 Å². The van der Waals surface area contributed by atoms with Crippen molar-refractivity contribution < 1.29 is 9.47 Å². The van der Waals surface area contributed by atoms with Crippen molar-refractivity contribution in [3.05, 3.63) is 36.0 Å². The molecule has 0 saturated carbocycles. The van der Waals surface area contributed by atoms with E-state index < -0.39 is 0 Å². The van der Waals surface area contributed by atoms with Gasteiger partial charge in [-0.1, -0.05) is 6.07 Å². The number of aryl methyl sites for hydroxylation is 1. The number of aromatic amines is 1. The van der Waals surface area contributed by atoms with E-state index in [0.717, 1.165) is 16.8 Å². The Bertz CT molecular complexity index is 765. The van der Waals surface area contributed by atoms with Gasteiger partial charge in [-0.15, -0.1) is 0 Å². The summed E-state index contributed by atoms with van der Waals surface area (Å²) in [6.07, 6.45) is 0. The van der Waals surface area contributed by atoms with Crippen LogP contribution in [0.4, 0.5) is 0 Å². The van der Waals surface area contributed by atoms with E-state index in [9.17, 15) is 0 Å². The summed E-state index contributed by atoms with van der Waals surface area (Å²) in [5.74, 6) is 2.05. The summed E-state index contributed by atoms with van der Waals surface area (Å²) in [4.78, 5) is 12.2. The average Bonchev–Trinajstić information content (AvgIpc) is 2.88. The predicted molar refractivity (Wildman–Crippen MR) is 77.2 cm³/mol.